The van der Waals surface area contributed by atoms with Crippen LogP contribution >= 0.6 is 22.9 Å². The first-order valence-electron chi connectivity index (χ1n) is 8.04. The van der Waals surface area contributed by atoms with Crippen LogP contribution in [0.15, 0.2) is 46.7 Å². The van der Waals surface area contributed by atoms with Gasteiger partial charge in [-0.25, -0.2) is 4.98 Å². The number of fused-ring (bicyclic) bond motifs is 1. The Morgan fingerprint density at radius 2 is 2.04 bits per heavy atom. The number of hydrogen-bond acceptors (Lipinski definition) is 5. The van der Waals surface area contributed by atoms with Crippen LogP contribution in [0.1, 0.15) is 16.2 Å². The molecule has 0 unspecified atom stereocenters. The summed E-state index contributed by atoms with van der Waals surface area (Å²) in [4.78, 5) is 33.6. The number of halogens is 1. The molecule has 0 aliphatic heterocycles. The quantitative estimate of drug-likeness (QED) is 0.550. The van der Waals surface area contributed by atoms with Crippen molar-refractivity contribution in [2.75, 3.05) is 7.05 Å². The standard InChI is InChI=1S/C18H14ClN5O2S/c1-24(9-14-21-13-6-7-27-16(13)17(25)22-14)18(26)12-8-20-23-15(12)10-2-4-11(19)5-3-10/h2-8H,9H2,1H3,(H,20,23)(H,21,22,25). The van der Waals surface area contributed by atoms with Gasteiger partial charge in [0.2, 0.25) is 0 Å². The number of nitrogens with zero attached hydrogens (tertiary/aromatic N) is 3. The molecule has 1 amide bonds. The predicted molar refractivity (Wildman–Crippen MR) is 105 cm³/mol. The molecule has 0 saturated carbocycles. The van der Waals surface area contributed by atoms with Crippen LogP contribution in [0.2, 0.25) is 5.02 Å². The molecule has 4 aromatic rings. The van der Waals surface area contributed by atoms with Crippen molar-refractivity contribution in [2.24, 2.45) is 0 Å². The van der Waals surface area contributed by atoms with Crippen LogP contribution in [0, 0.1) is 0 Å². The van der Waals surface area contributed by atoms with Crippen molar-refractivity contribution in [2.45, 2.75) is 6.54 Å². The highest BCUT2D eigenvalue weighted by atomic mass is 35.5. The zero-order valence-electron chi connectivity index (χ0n) is 14.2. The van der Waals surface area contributed by atoms with Gasteiger partial charge in [0.25, 0.3) is 11.5 Å². The molecule has 3 aromatic heterocycles. The van der Waals surface area contributed by atoms with Gasteiger partial charge >= 0.3 is 0 Å². The molecule has 2 N–H and O–H groups in total. The van der Waals surface area contributed by atoms with Gasteiger partial charge in [0.05, 0.1) is 29.5 Å². The Labute approximate surface area is 162 Å². The van der Waals surface area contributed by atoms with Gasteiger partial charge in [-0.1, -0.05) is 23.7 Å². The fraction of sp³-hybridized carbons (Fsp3) is 0.111. The molecule has 136 valence electrons. The van der Waals surface area contributed by atoms with Gasteiger partial charge in [0, 0.05) is 17.6 Å². The minimum absolute atomic E-state index is 0.172. The number of hydrogen-bond donors (Lipinski definition) is 2. The minimum atomic E-state index is -0.234. The van der Waals surface area contributed by atoms with Crippen LogP contribution in [0.3, 0.4) is 0 Å². The summed E-state index contributed by atoms with van der Waals surface area (Å²) < 4.78 is 0.576. The van der Waals surface area contributed by atoms with E-state index in [-0.39, 0.29) is 18.0 Å². The van der Waals surface area contributed by atoms with Crippen molar-refractivity contribution in [1.82, 2.24) is 25.1 Å². The van der Waals surface area contributed by atoms with E-state index in [0.29, 0.717) is 32.3 Å². The molecule has 0 aliphatic carbocycles. The Bertz CT molecular complexity index is 1180. The van der Waals surface area contributed by atoms with E-state index in [2.05, 4.69) is 20.2 Å². The maximum absolute atomic E-state index is 12.9. The Kier molecular flexibility index (Phi) is 4.51. The summed E-state index contributed by atoms with van der Waals surface area (Å²) in [6.07, 6.45) is 1.49. The Balaban J connectivity index is 1.60. The number of rotatable bonds is 4. The van der Waals surface area contributed by atoms with Gasteiger partial charge in [-0.05, 0) is 23.6 Å². The zero-order chi connectivity index (χ0) is 19.0. The van der Waals surface area contributed by atoms with Gasteiger partial charge in [0.1, 0.15) is 10.5 Å². The van der Waals surface area contributed by atoms with Crippen molar-refractivity contribution in [3.05, 3.63) is 68.7 Å². The number of benzene rings is 1. The number of aromatic nitrogens is 4. The Morgan fingerprint density at radius 3 is 2.81 bits per heavy atom. The largest absolute Gasteiger partial charge is 0.334 e. The van der Waals surface area contributed by atoms with E-state index in [1.807, 2.05) is 17.5 Å². The number of nitrogens with one attached hydrogen (secondary N) is 2. The lowest BCUT2D eigenvalue weighted by Crippen LogP contribution is -2.28. The van der Waals surface area contributed by atoms with Gasteiger partial charge < -0.3 is 9.88 Å². The highest BCUT2D eigenvalue weighted by molar-refractivity contribution is 7.17. The fourth-order valence-electron chi connectivity index (χ4n) is 2.78. The smallest absolute Gasteiger partial charge is 0.268 e. The van der Waals surface area contributed by atoms with Crippen molar-refractivity contribution >= 4 is 39.1 Å². The normalized spacial score (nSPS) is 11.0. The molecule has 0 fully saturated rings. The summed E-state index contributed by atoms with van der Waals surface area (Å²) in [5, 5.41) is 9.29. The van der Waals surface area contributed by atoms with E-state index in [1.165, 1.54) is 22.4 Å². The van der Waals surface area contributed by atoms with E-state index in [4.69, 9.17) is 11.6 Å². The SMILES string of the molecule is CN(Cc1nc2ccsc2c(=O)[nH]1)C(=O)c1cn[nH]c1-c1ccc(Cl)cc1. The molecule has 9 heteroatoms. The average Bonchev–Trinajstić information content (AvgIpc) is 3.31. The average molecular weight is 400 g/mol. The Hall–Kier alpha value is -2.97. The second-order valence-corrected chi connectivity index (χ2v) is 7.33. The van der Waals surface area contributed by atoms with E-state index < -0.39 is 0 Å². The molecule has 3 heterocycles. The van der Waals surface area contributed by atoms with Crippen LogP contribution in [-0.4, -0.2) is 38.0 Å². The van der Waals surface area contributed by atoms with Crippen LogP contribution in [-0.2, 0) is 6.54 Å². The molecule has 0 radical (unpaired) electrons. The molecule has 7 nitrogen and oxygen atoms in total. The summed E-state index contributed by atoms with van der Waals surface area (Å²) in [5.74, 6) is 0.194. The second-order valence-electron chi connectivity index (χ2n) is 5.97. The molecular formula is C18H14ClN5O2S. The lowest BCUT2D eigenvalue weighted by molar-refractivity contribution is 0.0782. The molecule has 0 saturated heterocycles. The molecule has 0 aliphatic rings. The van der Waals surface area contributed by atoms with E-state index in [1.54, 1.807) is 25.2 Å². The summed E-state index contributed by atoms with van der Waals surface area (Å²) in [6.45, 7) is 0.172. The maximum Gasteiger partial charge on any atom is 0.268 e. The van der Waals surface area contributed by atoms with E-state index >= 15 is 0 Å². The van der Waals surface area contributed by atoms with Crippen molar-refractivity contribution in [1.29, 1.82) is 0 Å². The molecule has 4 rings (SSSR count). The van der Waals surface area contributed by atoms with Crippen molar-refractivity contribution < 1.29 is 4.79 Å². The highest BCUT2D eigenvalue weighted by Crippen LogP contribution is 2.24. The topological polar surface area (TPSA) is 94.7 Å². The van der Waals surface area contributed by atoms with Crippen LogP contribution < -0.4 is 5.56 Å². The van der Waals surface area contributed by atoms with Crippen LogP contribution in [0.25, 0.3) is 21.5 Å². The highest BCUT2D eigenvalue weighted by Gasteiger charge is 2.20. The Morgan fingerprint density at radius 1 is 1.26 bits per heavy atom. The first-order chi connectivity index (χ1) is 13.0. The lowest BCUT2D eigenvalue weighted by atomic mass is 10.1. The van der Waals surface area contributed by atoms with E-state index in [0.717, 1.165) is 5.56 Å². The first-order valence-corrected chi connectivity index (χ1v) is 9.30. The predicted octanol–water partition coefficient (Wildman–Crippen LogP) is 3.30. The summed E-state index contributed by atoms with van der Waals surface area (Å²) in [5.41, 5.74) is 2.28. The minimum Gasteiger partial charge on any atom is -0.334 e. The molecule has 0 spiro atoms. The summed E-state index contributed by atoms with van der Waals surface area (Å²) in [7, 11) is 1.65. The van der Waals surface area contributed by atoms with Crippen LogP contribution in [0.4, 0.5) is 0 Å². The number of carbonyl (C=O) groups is 1. The summed E-state index contributed by atoms with van der Waals surface area (Å²) >= 11 is 7.26. The van der Waals surface area contributed by atoms with Crippen molar-refractivity contribution in [3.63, 3.8) is 0 Å². The maximum atomic E-state index is 12.9. The zero-order valence-corrected chi connectivity index (χ0v) is 15.8. The second kappa shape index (κ2) is 6.98. The van der Waals surface area contributed by atoms with Gasteiger partial charge in [-0.3, -0.25) is 14.7 Å². The van der Waals surface area contributed by atoms with Crippen LogP contribution in [0.5, 0.6) is 0 Å². The molecule has 0 atom stereocenters. The number of carbonyl (C=O) groups excluding carboxylic acids is 1. The summed E-state index contributed by atoms with van der Waals surface area (Å²) in [6, 6.07) is 8.92. The third kappa shape index (κ3) is 3.36. The fourth-order valence-corrected chi connectivity index (χ4v) is 3.63. The molecule has 0 bridgehead atoms. The monoisotopic (exact) mass is 399 g/mol. The number of aromatic amines is 2. The van der Waals surface area contributed by atoms with Gasteiger partial charge in [-0.2, -0.15) is 5.10 Å². The van der Waals surface area contributed by atoms with E-state index in [9.17, 15) is 9.59 Å². The first kappa shape index (κ1) is 17.4. The lowest BCUT2D eigenvalue weighted by Gasteiger charge is -2.16. The molecule has 1 aromatic carbocycles. The van der Waals surface area contributed by atoms with Gasteiger partial charge in [-0.15, -0.1) is 11.3 Å². The third-order valence-corrected chi connectivity index (χ3v) is 5.25. The van der Waals surface area contributed by atoms with Gasteiger partial charge in [0.15, 0.2) is 0 Å². The number of amides is 1. The van der Waals surface area contributed by atoms with Crippen molar-refractivity contribution in [3.8, 4) is 11.3 Å². The number of thiophene rings is 1. The molecule has 27 heavy (non-hydrogen) atoms. The number of H-pyrrole nitrogens is 2. The molecular weight excluding hydrogens is 386 g/mol. The third-order valence-electron chi connectivity index (χ3n) is 4.10.